The Morgan fingerprint density at radius 2 is 1.95 bits per heavy atom. The summed E-state index contributed by atoms with van der Waals surface area (Å²) in [5.41, 5.74) is 9.00. The normalized spacial score (nSPS) is 17.7. The van der Waals surface area contributed by atoms with Gasteiger partial charge in [0.1, 0.15) is 0 Å². The van der Waals surface area contributed by atoms with Crippen molar-refractivity contribution < 1.29 is 0 Å². The Morgan fingerprint density at radius 3 is 2.57 bits per heavy atom. The molecule has 0 aromatic heterocycles. The second-order valence-corrected chi connectivity index (χ2v) is 7.14. The second kappa shape index (κ2) is 8.19. The Labute approximate surface area is 138 Å². The van der Waals surface area contributed by atoms with Crippen LogP contribution in [0.3, 0.4) is 0 Å². The summed E-state index contributed by atoms with van der Waals surface area (Å²) >= 11 is 3.64. The van der Waals surface area contributed by atoms with E-state index >= 15 is 0 Å². The molecule has 0 radical (unpaired) electrons. The van der Waals surface area contributed by atoms with Gasteiger partial charge in [0, 0.05) is 28.8 Å². The molecule has 0 bridgehead atoms. The minimum Gasteiger partial charge on any atom is -0.369 e. The molecule has 1 aromatic carbocycles. The molecule has 1 fully saturated rings. The van der Waals surface area contributed by atoms with Crippen LogP contribution < -0.4 is 10.6 Å². The number of nitrogens with zero attached hydrogens (tertiary/aromatic N) is 1. The van der Waals surface area contributed by atoms with Crippen LogP contribution in [-0.4, -0.2) is 18.6 Å². The average molecular weight is 353 g/mol. The van der Waals surface area contributed by atoms with Gasteiger partial charge in [-0.3, -0.25) is 0 Å². The van der Waals surface area contributed by atoms with Gasteiger partial charge in [-0.15, -0.1) is 0 Å². The molecule has 0 saturated heterocycles. The zero-order valence-corrected chi connectivity index (χ0v) is 15.0. The molecular weight excluding hydrogens is 324 g/mol. The van der Waals surface area contributed by atoms with Gasteiger partial charge >= 0.3 is 0 Å². The van der Waals surface area contributed by atoms with Crippen molar-refractivity contribution >= 4 is 21.6 Å². The van der Waals surface area contributed by atoms with E-state index in [1.54, 1.807) is 0 Å². The van der Waals surface area contributed by atoms with E-state index in [9.17, 15) is 0 Å². The summed E-state index contributed by atoms with van der Waals surface area (Å²) in [5.74, 6) is 0. The zero-order valence-electron chi connectivity index (χ0n) is 13.4. The number of hydrogen-bond donors (Lipinski definition) is 1. The maximum atomic E-state index is 6.20. The van der Waals surface area contributed by atoms with Gasteiger partial charge < -0.3 is 10.6 Å². The third-order valence-electron chi connectivity index (χ3n) is 4.72. The first kappa shape index (κ1) is 16.8. The van der Waals surface area contributed by atoms with E-state index in [0.717, 1.165) is 19.4 Å². The number of nitrogens with two attached hydrogens (primary N) is 1. The summed E-state index contributed by atoms with van der Waals surface area (Å²) in [5, 5.41) is 0. The Hall–Kier alpha value is -0.540. The maximum Gasteiger partial charge on any atom is 0.0413 e. The zero-order chi connectivity index (χ0) is 15.2. The van der Waals surface area contributed by atoms with E-state index in [4.69, 9.17) is 5.73 Å². The largest absolute Gasteiger partial charge is 0.369 e. The van der Waals surface area contributed by atoms with Crippen molar-refractivity contribution in [3.05, 3.63) is 28.2 Å². The maximum absolute atomic E-state index is 6.20. The van der Waals surface area contributed by atoms with Crippen LogP contribution >= 0.6 is 15.9 Å². The molecule has 1 aromatic rings. The predicted octanol–water partition coefficient (Wildman–Crippen LogP) is 4.89. The molecule has 2 N–H and O–H groups in total. The first-order valence-corrected chi connectivity index (χ1v) is 9.25. The minimum atomic E-state index is 0.259. The number of rotatable bonds is 6. The molecule has 0 heterocycles. The first-order chi connectivity index (χ1) is 10.2. The van der Waals surface area contributed by atoms with Crippen LogP contribution in [0, 0.1) is 0 Å². The standard InChI is InChI=1S/C18H29BrN2/c1-3-16(20)12-14-10-11-15(19)13-18(14)21(4-2)17-8-6-5-7-9-17/h10-11,13,16-17H,3-9,12,20H2,1-2H3. The summed E-state index contributed by atoms with van der Waals surface area (Å²) < 4.78 is 1.17. The quantitative estimate of drug-likeness (QED) is 0.789. The predicted molar refractivity (Wildman–Crippen MR) is 96.0 cm³/mol. The smallest absolute Gasteiger partial charge is 0.0413 e. The van der Waals surface area contributed by atoms with Crippen LogP contribution in [0.15, 0.2) is 22.7 Å². The van der Waals surface area contributed by atoms with Crippen LogP contribution in [0.1, 0.15) is 57.9 Å². The van der Waals surface area contributed by atoms with Crippen LogP contribution in [0.2, 0.25) is 0 Å². The molecule has 1 atom stereocenters. The second-order valence-electron chi connectivity index (χ2n) is 6.22. The van der Waals surface area contributed by atoms with Crippen molar-refractivity contribution in [3.8, 4) is 0 Å². The van der Waals surface area contributed by atoms with E-state index in [-0.39, 0.29) is 6.04 Å². The molecule has 0 aliphatic heterocycles. The molecule has 0 spiro atoms. The van der Waals surface area contributed by atoms with Gasteiger partial charge in [-0.25, -0.2) is 0 Å². The highest BCUT2D eigenvalue weighted by Gasteiger charge is 2.22. The van der Waals surface area contributed by atoms with Crippen molar-refractivity contribution in [2.24, 2.45) is 5.73 Å². The Kier molecular flexibility index (Phi) is 6.56. The lowest BCUT2D eigenvalue weighted by molar-refractivity contribution is 0.417. The summed E-state index contributed by atoms with van der Waals surface area (Å²) in [6.45, 7) is 5.52. The van der Waals surface area contributed by atoms with Crippen molar-refractivity contribution in [2.75, 3.05) is 11.4 Å². The first-order valence-electron chi connectivity index (χ1n) is 8.46. The average Bonchev–Trinajstić information content (AvgIpc) is 2.51. The van der Waals surface area contributed by atoms with Gasteiger partial charge in [0.05, 0.1) is 0 Å². The number of anilines is 1. The van der Waals surface area contributed by atoms with E-state index in [1.165, 1.54) is 47.8 Å². The van der Waals surface area contributed by atoms with E-state index in [0.29, 0.717) is 6.04 Å². The van der Waals surface area contributed by atoms with Crippen LogP contribution in [-0.2, 0) is 6.42 Å². The topological polar surface area (TPSA) is 29.3 Å². The fourth-order valence-corrected chi connectivity index (χ4v) is 3.77. The van der Waals surface area contributed by atoms with Gasteiger partial charge in [0.15, 0.2) is 0 Å². The number of hydrogen-bond acceptors (Lipinski definition) is 2. The van der Waals surface area contributed by atoms with E-state index in [1.807, 2.05) is 0 Å². The highest BCUT2D eigenvalue weighted by molar-refractivity contribution is 9.10. The van der Waals surface area contributed by atoms with Crippen LogP contribution in [0.4, 0.5) is 5.69 Å². The summed E-state index contributed by atoms with van der Waals surface area (Å²) in [6.07, 6.45) is 8.82. The lowest BCUT2D eigenvalue weighted by Crippen LogP contribution is -2.37. The molecular formula is C18H29BrN2. The Bertz CT molecular complexity index is 441. The van der Waals surface area contributed by atoms with Gasteiger partial charge in [-0.05, 0) is 50.3 Å². The third kappa shape index (κ3) is 4.46. The highest BCUT2D eigenvalue weighted by Crippen LogP contribution is 2.32. The van der Waals surface area contributed by atoms with Crippen molar-refractivity contribution in [2.45, 2.75) is 70.9 Å². The molecule has 2 nitrogen and oxygen atoms in total. The molecule has 1 unspecified atom stereocenters. The lowest BCUT2D eigenvalue weighted by atomic mass is 9.92. The van der Waals surface area contributed by atoms with E-state index in [2.05, 4.69) is 52.9 Å². The van der Waals surface area contributed by atoms with Gasteiger partial charge in [0.25, 0.3) is 0 Å². The summed E-state index contributed by atoms with van der Waals surface area (Å²) in [4.78, 5) is 2.61. The summed E-state index contributed by atoms with van der Waals surface area (Å²) in [7, 11) is 0. The Morgan fingerprint density at radius 1 is 1.24 bits per heavy atom. The number of halogens is 1. The molecule has 1 aliphatic carbocycles. The molecule has 118 valence electrons. The summed E-state index contributed by atoms with van der Waals surface area (Å²) in [6, 6.07) is 7.65. The van der Waals surface area contributed by atoms with Crippen LogP contribution in [0.5, 0.6) is 0 Å². The van der Waals surface area contributed by atoms with Gasteiger partial charge in [0.2, 0.25) is 0 Å². The molecule has 1 aliphatic rings. The monoisotopic (exact) mass is 352 g/mol. The molecule has 1 saturated carbocycles. The molecule has 3 heteroatoms. The van der Waals surface area contributed by atoms with Crippen molar-refractivity contribution in [1.82, 2.24) is 0 Å². The van der Waals surface area contributed by atoms with Gasteiger partial charge in [-0.1, -0.05) is 48.2 Å². The SMILES string of the molecule is CCC(N)Cc1ccc(Br)cc1N(CC)C1CCCCC1. The fraction of sp³-hybridized carbons (Fsp3) is 0.667. The number of benzene rings is 1. The highest BCUT2D eigenvalue weighted by atomic mass is 79.9. The minimum absolute atomic E-state index is 0.259. The Balaban J connectivity index is 2.27. The molecule has 0 amide bonds. The van der Waals surface area contributed by atoms with Crippen LogP contribution in [0.25, 0.3) is 0 Å². The van der Waals surface area contributed by atoms with Gasteiger partial charge in [-0.2, -0.15) is 0 Å². The third-order valence-corrected chi connectivity index (χ3v) is 5.21. The molecule has 2 rings (SSSR count). The molecule has 21 heavy (non-hydrogen) atoms. The van der Waals surface area contributed by atoms with E-state index < -0.39 is 0 Å². The lowest BCUT2D eigenvalue weighted by Gasteiger charge is -2.37. The van der Waals surface area contributed by atoms with Crippen molar-refractivity contribution in [3.63, 3.8) is 0 Å². The van der Waals surface area contributed by atoms with Crippen molar-refractivity contribution in [1.29, 1.82) is 0 Å². The fourth-order valence-electron chi connectivity index (χ4n) is 3.42.